The number of likely N-dealkylation sites (tertiary alicyclic amines) is 2. The highest BCUT2D eigenvalue weighted by Crippen LogP contribution is 2.46. The molecule has 10 rings (SSSR count). The molecule has 12 nitrogen and oxygen atoms in total. The molecule has 0 unspecified atom stereocenters. The van der Waals surface area contributed by atoms with Gasteiger partial charge in [-0.05, 0) is 81.1 Å². The van der Waals surface area contributed by atoms with Crippen molar-refractivity contribution in [2.75, 3.05) is 39.3 Å². The van der Waals surface area contributed by atoms with Crippen molar-refractivity contribution in [2.24, 2.45) is 34.5 Å². The maximum atomic E-state index is 15.7. The number of nitrogens with one attached hydrogen (secondary N) is 1. The van der Waals surface area contributed by atoms with Crippen LogP contribution in [-0.2, 0) is 45.1 Å². The van der Waals surface area contributed by atoms with Crippen molar-refractivity contribution in [3.8, 4) is 21.1 Å². The molecule has 8 aromatic rings. The van der Waals surface area contributed by atoms with Crippen LogP contribution in [0.25, 0.3) is 21.1 Å². The van der Waals surface area contributed by atoms with Crippen LogP contribution in [0.5, 0.6) is 0 Å². The Kier molecular flexibility index (Phi) is 26.3. The number of rotatable bonds is 20. The number of ether oxygens (including phenoxy) is 2. The van der Waals surface area contributed by atoms with Crippen LogP contribution in [0.2, 0.25) is 0 Å². The topological polar surface area (TPSA) is 134 Å². The van der Waals surface area contributed by atoms with Crippen LogP contribution < -0.4 is 5.32 Å². The highest BCUT2D eigenvalue weighted by atomic mass is 35.5. The van der Waals surface area contributed by atoms with Gasteiger partial charge in [0.05, 0.1) is 36.6 Å². The van der Waals surface area contributed by atoms with Crippen LogP contribution in [0, 0.1) is 57.8 Å². The average molecular weight is 1390 g/mol. The molecular weight excluding hydrogens is 1310 g/mol. The molecule has 516 valence electrons. The van der Waals surface area contributed by atoms with E-state index in [0.29, 0.717) is 35.1 Å². The highest BCUT2D eigenvalue weighted by Gasteiger charge is 2.45. The molecule has 0 aliphatic carbocycles. The Morgan fingerprint density at radius 2 is 0.948 bits per heavy atom. The van der Waals surface area contributed by atoms with Gasteiger partial charge in [0.2, 0.25) is 11.1 Å². The molecule has 2 saturated heterocycles. The van der Waals surface area contributed by atoms with Gasteiger partial charge in [-0.3, -0.25) is 9.59 Å². The summed E-state index contributed by atoms with van der Waals surface area (Å²) in [6, 6.07) is 43.9. The second-order valence-electron chi connectivity index (χ2n) is 27.3. The van der Waals surface area contributed by atoms with Gasteiger partial charge in [-0.1, -0.05) is 191 Å². The minimum atomic E-state index is -1.38. The van der Waals surface area contributed by atoms with Crippen LogP contribution in [0.3, 0.4) is 0 Å². The zero-order valence-electron chi connectivity index (χ0n) is 56.3. The Labute approximate surface area is 578 Å². The Balaban J connectivity index is 0.000000230. The van der Waals surface area contributed by atoms with E-state index in [1.54, 1.807) is 32.6 Å². The first-order chi connectivity index (χ1) is 46.0. The molecule has 2 aromatic heterocycles. The predicted octanol–water partition coefficient (Wildman–Crippen LogP) is 18.2. The minimum absolute atomic E-state index is 0.0216. The smallest absolute Gasteiger partial charge is 0.410 e. The fourth-order valence-electron chi connectivity index (χ4n) is 11.5. The largest absolute Gasteiger partial charge is 0.445 e. The molecule has 6 aromatic carbocycles. The summed E-state index contributed by atoms with van der Waals surface area (Å²) in [6.45, 7) is 19.9. The number of thiazole rings is 2. The van der Waals surface area contributed by atoms with Gasteiger partial charge in [0, 0.05) is 83.6 Å². The number of benzene rings is 6. The van der Waals surface area contributed by atoms with Crippen LogP contribution in [-0.4, -0.2) is 99.6 Å². The van der Waals surface area contributed by atoms with E-state index in [0.717, 1.165) is 68.0 Å². The molecule has 2 fully saturated rings. The molecule has 0 spiro atoms. The summed E-state index contributed by atoms with van der Waals surface area (Å²) in [5, 5.41) is 3.97. The van der Waals surface area contributed by atoms with Crippen LogP contribution in [0.4, 0.5) is 35.9 Å². The Morgan fingerprint density at radius 3 is 1.35 bits per heavy atom. The molecule has 0 radical (unpaired) electrons. The molecule has 21 heteroatoms. The summed E-state index contributed by atoms with van der Waals surface area (Å²) in [4.78, 5) is 65.6. The zero-order valence-corrected chi connectivity index (χ0v) is 58.7. The monoisotopic (exact) mass is 1390 g/mol. The maximum absolute atomic E-state index is 15.7. The van der Waals surface area contributed by atoms with E-state index < -0.39 is 77.0 Å². The quantitative estimate of drug-likeness (QED) is 0.0585. The molecule has 1 N–H and O–H groups in total. The van der Waals surface area contributed by atoms with Crippen molar-refractivity contribution in [1.29, 1.82) is 0 Å². The summed E-state index contributed by atoms with van der Waals surface area (Å²) in [7, 11) is 0. The number of carbonyl (C=O) groups excluding carboxylic acids is 4. The second kappa shape index (κ2) is 34.0. The van der Waals surface area contributed by atoms with Gasteiger partial charge in [0.25, 0.3) is 0 Å². The fourth-order valence-corrected chi connectivity index (χ4v) is 13.8. The third-order valence-electron chi connectivity index (χ3n) is 16.6. The van der Waals surface area contributed by atoms with Gasteiger partial charge in [0.15, 0.2) is 0 Å². The number of hydrogen-bond acceptors (Lipinski definition) is 11. The van der Waals surface area contributed by atoms with E-state index >= 15 is 13.2 Å². The van der Waals surface area contributed by atoms with Crippen LogP contribution in [0.1, 0.15) is 125 Å². The normalized spacial score (nSPS) is 16.9. The number of alkyl halides is 2. The zero-order chi connectivity index (χ0) is 70.3. The predicted molar refractivity (Wildman–Crippen MR) is 371 cm³/mol. The highest BCUT2D eigenvalue weighted by molar-refractivity contribution is 7.15. The Hall–Kier alpha value is -7.91. The van der Waals surface area contributed by atoms with Crippen molar-refractivity contribution in [2.45, 2.75) is 120 Å². The third kappa shape index (κ3) is 20.8. The molecule has 97 heavy (non-hydrogen) atoms. The number of hydrogen-bond donors (Lipinski definition) is 1. The first kappa shape index (κ1) is 74.9. The summed E-state index contributed by atoms with van der Waals surface area (Å²) in [5.74, 6) is -4.00. The van der Waals surface area contributed by atoms with E-state index in [9.17, 15) is 32.3 Å². The summed E-state index contributed by atoms with van der Waals surface area (Å²) in [6.07, 6.45) is -2.72. The van der Waals surface area contributed by atoms with Crippen molar-refractivity contribution in [3.63, 3.8) is 0 Å². The lowest BCUT2D eigenvalue weighted by Crippen LogP contribution is -2.47. The number of amides is 3. The second-order valence-corrected chi connectivity index (χ2v) is 29.8. The van der Waals surface area contributed by atoms with Gasteiger partial charge in [-0.25, -0.2) is 45.9 Å². The fraction of sp³-hybridized carbons (Fsp3) is 0.395. The SMILES string of the molecule is CC(C)(C)[C@@H](NC[C@@H]1CN(C(=O)OCc2ccccc2)C[C@@H]1F)c1nc(-c2cc(F)ccc2F)sc1Cc1ccccc1.CC(C)C(=O)Cl.CC(C)C(=O)N(C[C@@H]1CN(C(=O)OCc2ccccc2)C[C@@H]1F)[C@@H](c1nc(-c2cc(F)ccc2F)sc1Cc1ccccc1)C(C)(C)C. The number of nitrogens with zero attached hydrogens (tertiary/aromatic N) is 5. The van der Waals surface area contributed by atoms with Crippen molar-refractivity contribution in [3.05, 3.63) is 224 Å². The van der Waals surface area contributed by atoms with Crippen LogP contribution in [0.15, 0.2) is 158 Å². The van der Waals surface area contributed by atoms with Crippen molar-refractivity contribution < 1.29 is 55.0 Å². The molecule has 2 aliphatic rings. The number of aromatic nitrogens is 2. The van der Waals surface area contributed by atoms with E-state index in [-0.39, 0.29) is 85.6 Å². The molecule has 0 bridgehead atoms. The Morgan fingerprint density at radius 1 is 0.557 bits per heavy atom. The number of carbonyl (C=O) groups is 4. The standard InChI is InChI=1S/C38H42F3N3O3S.C34H36F3N3O2S.C4H7ClO/c1-24(2)36(45)44(21-27-20-43(22-31(27)41)37(46)47-23-26-14-10-7-11-15-26)34(38(3,4)5)33-32(18-25-12-8-6-9-13-25)48-35(42-33)29-19-28(39)16-17-30(29)40;1-34(2,3)31(38-18-24-19-40(20-28(24)37)33(41)42-21-23-12-8-5-9-13-23)30-29(16-22-10-6-4-7-11-22)43-32(39-30)26-17-25(35)14-15-27(26)36;1-3(2)4(5)6/h6-17,19,24,27,31,34H,18,20-23H2,1-5H3;4-15,17,24,28,31,38H,16,18-21H2,1-3H3;3H,1-2H3/t27-,31-,34-;24-,28+,31+;/m01./s1. The van der Waals surface area contributed by atoms with Crippen LogP contribution >= 0.6 is 34.3 Å². The summed E-state index contributed by atoms with van der Waals surface area (Å²) >= 11 is 7.58. The first-order valence-corrected chi connectivity index (χ1v) is 34.5. The lowest BCUT2D eigenvalue weighted by Gasteiger charge is -2.42. The first-order valence-electron chi connectivity index (χ1n) is 32.4. The van der Waals surface area contributed by atoms with E-state index in [1.807, 2.05) is 142 Å². The van der Waals surface area contributed by atoms with E-state index in [1.165, 1.54) is 38.5 Å². The van der Waals surface area contributed by atoms with Crippen molar-refractivity contribution in [1.82, 2.24) is 30.0 Å². The maximum Gasteiger partial charge on any atom is 0.410 e. The summed E-state index contributed by atoms with van der Waals surface area (Å²) < 4.78 is 100. The molecule has 2 aliphatic heterocycles. The molecule has 3 amide bonds. The van der Waals surface area contributed by atoms with Gasteiger partial charge in [-0.15, -0.1) is 22.7 Å². The van der Waals surface area contributed by atoms with Gasteiger partial charge in [0.1, 0.15) is 58.8 Å². The van der Waals surface area contributed by atoms with E-state index in [4.69, 9.17) is 31.0 Å². The Bertz CT molecular complexity index is 3890. The molecule has 0 saturated carbocycles. The third-order valence-corrected chi connectivity index (χ3v) is 19.3. The lowest BCUT2D eigenvalue weighted by atomic mass is 9.81. The van der Waals surface area contributed by atoms with E-state index in [2.05, 4.69) is 26.1 Å². The van der Waals surface area contributed by atoms with Crippen molar-refractivity contribution >= 4 is 57.6 Å². The molecule has 6 atom stereocenters. The van der Waals surface area contributed by atoms with Gasteiger partial charge in [-0.2, -0.15) is 0 Å². The molecular formula is C76H85ClF6N6O6S2. The lowest BCUT2D eigenvalue weighted by molar-refractivity contribution is -0.141. The van der Waals surface area contributed by atoms with Gasteiger partial charge < -0.3 is 29.5 Å². The summed E-state index contributed by atoms with van der Waals surface area (Å²) in [5.41, 5.74) is 4.25. The average Bonchev–Trinajstić information content (AvgIpc) is 1.67. The number of halogens is 7. The molecule has 4 heterocycles. The minimum Gasteiger partial charge on any atom is -0.445 e. The van der Waals surface area contributed by atoms with Gasteiger partial charge >= 0.3 is 12.2 Å².